The van der Waals surface area contributed by atoms with E-state index in [9.17, 15) is 9.59 Å². The van der Waals surface area contributed by atoms with Crippen LogP contribution in [-0.4, -0.2) is 17.6 Å². The first-order chi connectivity index (χ1) is 5.74. The highest BCUT2D eigenvalue weighted by Gasteiger charge is 2.01. The first kappa shape index (κ1) is 8.99. The van der Waals surface area contributed by atoms with Crippen molar-refractivity contribution in [3.63, 3.8) is 0 Å². The number of aromatic nitrogens is 1. The number of carbonyl (C=O) groups excluding carboxylic acids is 1. The van der Waals surface area contributed by atoms with Crippen LogP contribution in [0.4, 0.5) is 0 Å². The highest BCUT2D eigenvalue weighted by atomic mass is 32.1. The standard InChI is InChI=1S/C7H9NO3S/c1-11-6(9)2-3-8-4-5-12-7(8)10/h4-5H,2-3H2,1H3. The summed E-state index contributed by atoms with van der Waals surface area (Å²) in [6.45, 7) is 0.398. The monoisotopic (exact) mass is 187 g/mol. The zero-order chi connectivity index (χ0) is 8.97. The Morgan fingerprint density at radius 3 is 3.00 bits per heavy atom. The highest BCUT2D eigenvalue weighted by molar-refractivity contribution is 7.07. The van der Waals surface area contributed by atoms with Crippen LogP contribution in [0.15, 0.2) is 16.4 Å². The summed E-state index contributed by atoms with van der Waals surface area (Å²) >= 11 is 1.12. The number of carbonyl (C=O) groups is 1. The SMILES string of the molecule is COC(=O)CCn1ccsc1=O. The van der Waals surface area contributed by atoms with E-state index in [1.807, 2.05) is 0 Å². The van der Waals surface area contributed by atoms with Crippen molar-refractivity contribution in [1.29, 1.82) is 0 Å². The Balaban J connectivity index is 2.49. The number of thiazole rings is 1. The molecule has 1 aromatic rings. The van der Waals surface area contributed by atoms with E-state index in [-0.39, 0.29) is 17.3 Å². The molecule has 0 saturated heterocycles. The third kappa shape index (κ3) is 2.20. The van der Waals surface area contributed by atoms with Gasteiger partial charge in [-0.3, -0.25) is 9.59 Å². The maximum absolute atomic E-state index is 10.9. The Hall–Kier alpha value is -1.10. The molecule has 12 heavy (non-hydrogen) atoms. The van der Waals surface area contributed by atoms with Gasteiger partial charge in [-0.05, 0) is 0 Å². The van der Waals surface area contributed by atoms with E-state index in [0.717, 1.165) is 11.3 Å². The Bertz CT molecular complexity index is 314. The smallest absolute Gasteiger partial charge is 0.307 e. The Labute approximate surface area is 73.4 Å². The van der Waals surface area contributed by atoms with Crippen molar-refractivity contribution in [3.8, 4) is 0 Å². The summed E-state index contributed by atoms with van der Waals surface area (Å²) in [6.07, 6.45) is 1.91. The molecule has 4 nitrogen and oxygen atoms in total. The summed E-state index contributed by atoms with van der Waals surface area (Å²) in [6, 6.07) is 0. The van der Waals surface area contributed by atoms with Gasteiger partial charge in [-0.2, -0.15) is 0 Å². The third-order valence-electron chi connectivity index (χ3n) is 1.43. The topological polar surface area (TPSA) is 48.3 Å². The van der Waals surface area contributed by atoms with Crippen molar-refractivity contribution in [1.82, 2.24) is 4.57 Å². The Kier molecular flexibility index (Phi) is 3.04. The van der Waals surface area contributed by atoms with Crippen LogP contribution in [0, 0.1) is 0 Å². The van der Waals surface area contributed by atoms with Gasteiger partial charge in [-0.1, -0.05) is 11.3 Å². The van der Waals surface area contributed by atoms with Gasteiger partial charge in [0.15, 0.2) is 0 Å². The van der Waals surface area contributed by atoms with E-state index in [2.05, 4.69) is 4.74 Å². The molecule has 1 aromatic heterocycles. The number of nitrogens with zero attached hydrogens (tertiary/aromatic N) is 1. The van der Waals surface area contributed by atoms with E-state index < -0.39 is 0 Å². The van der Waals surface area contributed by atoms with Crippen molar-refractivity contribution in [2.24, 2.45) is 0 Å². The molecule has 0 atom stereocenters. The van der Waals surface area contributed by atoms with E-state index in [1.165, 1.54) is 11.7 Å². The molecular weight excluding hydrogens is 178 g/mol. The maximum atomic E-state index is 10.9. The minimum Gasteiger partial charge on any atom is -0.469 e. The third-order valence-corrected chi connectivity index (χ3v) is 2.12. The van der Waals surface area contributed by atoms with Crippen molar-refractivity contribution >= 4 is 17.3 Å². The van der Waals surface area contributed by atoms with Gasteiger partial charge in [0.25, 0.3) is 0 Å². The lowest BCUT2D eigenvalue weighted by atomic mass is 10.4. The predicted molar refractivity (Wildman–Crippen MR) is 45.2 cm³/mol. The van der Waals surface area contributed by atoms with Crippen molar-refractivity contribution in [2.45, 2.75) is 13.0 Å². The molecule has 0 N–H and O–H groups in total. The fraction of sp³-hybridized carbons (Fsp3) is 0.429. The Morgan fingerprint density at radius 1 is 1.75 bits per heavy atom. The molecule has 0 fully saturated rings. The minimum absolute atomic E-state index is 0.0427. The summed E-state index contributed by atoms with van der Waals surface area (Å²) in [7, 11) is 1.33. The molecule has 66 valence electrons. The second kappa shape index (κ2) is 4.06. The van der Waals surface area contributed by atoms with Crippen LogP contribution in [0.1, 0.15) is 6.42 Å². The van der Waals surface area contributed by atoms with Crippen molar-refractivity contribution < 1.29 is 9.53 Å². The average Bonchev–Trinajstić information content (AvgIpc) is 2.47. The van der Waals surface area contributed by atoms with Gasteiger partial charge in [0.2, 0.25) is 0 Å². The number of esters is 1. The largest absolute Gasteiger partial charge is 0.469 e. The average molecular weight is 187 g/mol. The van der Waals surface area contributed by atoms with Crippen LogP contribution in [0.3, 0.4) is 0 Å². The van der Waals surface area contributed by atoms with Crippen LogP contribution in [0.25, 0.3) is 0 Å². The van der Waals surface area contributed by atoms with E-state index in [1.54, 1.807) is 11.6 Å². The molecule has 0 unspecified atom stereocenters. The van der Waals surface area contributed by atoms with Gasteiger partial charge in [-0.15, -0.1) is 0 Å². The number of hydrogen-bond donors (Lipinski definition) is 0. The number of methoxy groups -OCH3 is 1. The second-order valence-corrected chi connectivity index (χ2v) is 3.05. The number of hydrogen-bond acceptors (Lipinski definition) is 4. The highest BCUT2D eigenvalue weighted by Crippen LogP contribution is 1.92. The molecule has 0 amide bonds. The first-order valence-electron chi connectivity index (χ1n) is 3.45. The lowest BCUT2D eigenvalue weighted by molar-refractivity contribution is -0.140. The van der Waals surface area contributed by atoms with Crippen molar-refractivity contribution in [3.05, 3.63) is 21.2 Å². The van der Waals surface area contributed by atoms with E-state index >= 15 is 0 Å². The zero-order valence-corrected chi connectivity index (χ0v) is 7.47. The molecule has 0 bridgehead atoms. The molecule has 0 aliphatic rings. The number of ether oxygens (including phenoxy) is 1. The molecule has 0 aliphatic heterocycles. The van der Waals surface area contributed by atoms with Gasteiger partial charge in [0.05, 0.1) is 13.5 Å². The predicted octanol–water partition coefficient (Wildman–Crippen LogP) is 0.473. The van der Waals surface area contributed by atoms with E-state index in [0.29, 0.717) is 6.54 Å². The van der Waals surface area contributed by atoms with E-state index in [4.69, 9.17) is 0 Å². The zero-order valence-electron chi connectivity index (χ0n) is 6.65. The van der Waals surface area contributed by atoms with Gasteiger partial charge in [0, 0.05) is 18.1 Å². The molecular formula is C7H9NO3S. The summed E-state index contributed by atoms with van der Waals surface area (Å²) in [5.74, 6) is -0.298. The van der Waals surface area contributed by atoms with Crippen LogP contribution < -0.4 is 4.87 Å². The van der Waals surface area contributed by atoms with Crippen LogP contribution in [0.5, 0.6) is 0 Å². The molecule has 5 heteroatoms. The lowest BCUT2D eigenvalue weighted by Gasteiger charge is -1.98. The van der Waals surface area contributed by atoms with Crippen LogP contribution >= 0.6 is 11.3 Å². The lowest BCUT2D eigenvalue weighted by Crippen LogP contribution is -2.15. The van der Waals surface area contributed by atoms with Gasteiger partial charge >= 0.3 is 10.8 Å². The number of rotatable bonds is 3. The summed E-state index contributed by atoms with van der Waals surface area (Å²) < 4.78 is 5.93. The maximum Gasteiger partial charge on any atom is 0.307 e. The normalized spacial score (nSPS) is 9.75. The molecule has 0 aromatic carbocycles. The first-order valence-corrected chi connectivity index (χ1v) is 4.33. The van der Waals surface area contributed by atoms with Crippen molar-refractivity contribution in [2.75, 3.05) is 7.11 Å². The second-order valence-electron chi connectivity index (χ2n) is 2.19. The summed E-state index contributed by atoms with van der Waals surface area (Å²) in [5, 5.41) is 1.69. The molecule has 1 rings (SSSR count). The summed E-state index contributed by atoms with van der Waals surface area (Å²) in [5.41, 5.74) is 0. The Morgan fingerprint density at radius 2 is 2.50 bits per heavy atom. The number of aryl methyl sites for hydroxylation is 1. The van der Waals surface area contributed by atoms with Gasteiger partial charge in [0.1, 0.15) is 0 Å². The molecule has 1 heterocycles. The van der Waals surface area contributed by atoms with Gasteiger partial charge in [-0.25, -0.2) is 0 Å². The summed E-state index contributed by atoms with van der Waals surface area (Å²) in [4.78, 5) is 21.6. The minimum atomic E-state index is -0.298. The fourth-order valence-electron chi connectivity index (χ4n) is 0.770. The molecule has 0 spiro atoms. The van der Waals surface area contributed by atoms with Crippen LogP contribution in [0.2, 0.25) is 0 Å². The molecule has 0 aliphatic carbocycles. The molecule has 0 saturated carbocycles. The molecule has 0 radical (unpaired) electrons. The van der Waals surface area contributed by atoms with Gasteiger partial charge < -0.3 is 9.30 Å². The van der Waals surface area contributed by atoms with Crippen LogP contribution in [-0.2, 0) is 16.1 Å². The quantitative estimate of drug-likeness (QED) is 0.646. The fourth-order valence-corrected chi connectivity index (χ4v) is 1.38.